The number of halogens is 2. The van der Waals surface area contributed by atoms with Gasteiger partial charge in [0.15, 0.2) is 11.0 Å². The minimum absolute atomic E-state index is 0.675. The molecule has 4 rings (SSSR count). The zero-order chi connectivity index (χ0) is 20.8. The number of hydrogen-bond acceptors (Lipinski definition) is 4. The van der Waals surface area contributed by atoms with Crippen LogP contribution in [0.1, 0.15) is 0 Å². The summed E-state index contributed by atoms with van der Waals surface area (Å²) in [5, 5.41) is 10.3. The first-order valence-corrected chi connectivity index (χ1v) is 11.0. The van der Waals surface area contributed by atoms with Crippen molar-refractivity contribution in [1.29, 1.82) is 0 Å². The smallest absolute Gasteiger partial charge is 0.196 e. The molecule has 0 bridgehead atoms. The van der Waals surface area contributed by atoms with E-state index in [1.807, 2.05) is 89.5 Å². The maximum Gasteiger partial charge on any atom is 0.196 e. The van der Waals surface area contributed by atoms with Crippen molar-refractivity contribution in [3.63, 3.8) is 0 Å². The third kappa shape index (κ3) is 4.87. The van der Waals surface area contributed by atoms with Crippen molar-refractivity contribution < 1.29 is 4.74 Å². The molecule has 1 heterocycles. The molecule has 0 aliphatic heterocycles. The summed E-state index contributed by atoms with van der Waals surface area (Å²) in [6, 6.07) is 25.1. The van der Waals surface area contributed by atoms with E-state index in [1.165, 1.54) is 5.54 Å². The lowest BCUT2D eigenvalue weighted by molar-refractivity contribution is 0.482. The van der Waals surface area contributed by atoms with Crippen LogP contribution in [-0.4, -0.2) is 20.5 Å². The minimum atomic E-state index is 0.675. The summed E-state index contributed by atoms with van der Waals surface area (Å²) in [6.45, 7) is 0. The highest BCUT2D eigenvalue weighted by Gasteiger charge is 2.16. The minimum Gasteiger partial charge on any atom is -0.457 e. The second kappa shape index (κ2) is 9.85. The van der Waals surface area contributed by atoms with Gasteiger partial charge in [-0.05, 0) is 60.7 Å². The van der Waals surface area contributed by atoms with Crippen molar-refractivity contribution in [2.45, 2.75) is 5.16 Å². The topological polar surface area (TPSA) is 39.9 Å². The SMILES string of the molecule is Cl/C=C/CSc1nnc(-c2ccc(Cl)cc2)n1-c1ccc(Oc2ccccc2)cc1. The van der Waals surface area contributed by atoms with Crippen LogP contribution in [0.4, 0.5) is 0 Å². The highest BCUT2D eigenvalue weighted by atomic mass is 35.5. The van der Waals surface area contributed by atoms with E-state index in [2.05, 4.69) is 10.2 Å². The van der Waals surface area contributed by atoms with Crippen LogP contribution in [-0.2, 0) is 0 Å². The van der Waals surface area contributed by atoms with Gasteiger partial charge in [0, 0.05) is 27.6 Å². The van der Waals surface area contributed by atoms with Crippen molar-refractivity contribution >= 4 is 35.0 Å². The summed E-state index contributed by atoms with van der Waals surface area (Å²) in [6.07, 6.45) is 1.87. The molecule has 0 N–H and O–H groups in total. The Bertz CT molecular complexity index is 1130. The largest absolute Gasteiger partial charge is 0.457 e. The van der Waals surface area contributed by atoms with Crippen LogP contribution >= 0.6 is 35.0 Å². The maximum absolute atomic E-state index is 6.05. The molecule has 0 unspecified atom stereocenters. The van der Waals surface area contributed by atoms with E-state index < -0.39 is 0 Å². The van der Waals surface area contributed by atoms with E-state index in [-0.39, 0.29) is 0 Å². The van der Waals surface area contributed by atoms with Gasteiger partial charge in [0.25, 0.3) is 0 Å². The Morgan fingerprint density at radius 2 is 1.57 bits per heavy atom. The van der Waals surface area contributed by atoms with Gasteiger partial charge in [-0.2, -0.15) is 0 Å². The molecule has 150 valence electrons. The summed E-state index contributed by atoms with van der Waals surface area (Å²) < 4.78 is 7.92. The molecular weight excluding hydrogens is 437 g/mol. The first-order chi connectivity index (χ1) is 14.7. The van der Waals surface area contributed by atoms with Crippen LogP contribution in [0.25, 0.3) is 17.1 Å². The Hall–Kier alpha value is -2.73. The van der Waals surface area contributed by atoms with Gasteiger partial charge >= 0.3 is 0 Å². The molecule has 0 spiro atoms. The maximum atomic E-state index is 6.05. The summed E-state index contributed by atoms with van der Waals surface area (Å²) in [5.41, 5.74) is 3.36. The van der Waals surface area contributed by atoms with Gasteiger partial charge in [0.2, 0.25) is 0 Å². The average Bonchev–Trinajstić information content (AvgIpc) is 3.20. The molecule has 4 aromatic rings. The quantitative estimate of drug-likeness (QED) is 0.276. The van der Waals surface area contributed by atoms with Crippen LogP contribution in [0.5, 0.6) is 11.5 Å². The fourth-order valence-corrected chi connectivity index (χ4v) is 3.91. The predicted molar refractivity (Wildman–Crippen MR) is 124 cm³/mol. The third-order valence-electron chi connectivity index (χ3n) is 4.21. The number of rotatable bonds is 7. The Morgan fingerprint density at radius 3 is 2.27 bits per heavy atom. The molecule has 0 aliphatic carbocycles. The number of hydrogen-bond donors (Lipinski definition) is 0. The van der Waals surface area contributed by atoms with Gasteiger partial charge < -0.3 is 4.74 Å². The summed E-state index contributed by atoms with van der Waals surface area (Å²) in [4.78, 5) is 0. The zero-order valence-corrected chi connectivity index (χ0v) is 18.1. The second-order valence-corrected chi connectivity index (χ2v) is 7.91. The Labute approximate surface area is 189 Å². The number of aromatic nitrogens is 3. The van der Waals surface area contributed by atoms with Gasteiger partial charge in [-0.15, -0.1) is 10.2 Å². The molecule has 30 heavy (non-hydrogen) atoms. The van der Waals surface area contributed by atoms with Gasteiger partial charge in [0.05, 0.1) is 0 Å². The monoisotopic (exact) mass is 453 g/mol. The van der Waals surface area contributed by atoms with Gasteiger partial charge in [-0.1, -0.05) is 59.2 Å². The number of ether oxygens (including phenoxy) is 1. The molecule has 7 heteroatoms. The molecule has 0 radical (unpaired) electrons. The predicted octanol–water partition coefficient (Wildman–Crippen LogP) is 7.22. The van der Waals surface area contributed by atoms with Crippen LogP contribution < -0.4 is 4.74 Å². The molecule has 4 nitrogen and oxygen atoms in total. The van der Waals surface area contributed by atoms with Crippen LogP contribution in [0.2, 0.25) is 5.02 Å². The van der Waals surface area contributed by atoms with E-state index in [9.17, 15) is 0 Å². The molecule has 0 aliphatic rings. The van der Waals surface area contributed by atoms with E-state index in [4.69, 9.17) is 27.9 Å². The molecule has 0 saturated heterocycles. The fourth-order valence-electron chi connectivity index (χ4n) is 2.83. The lowest BCUT2D eigenvalue weighted by Gasteiger charge is -2.11. The van der Waals surface area contributed by atoms with Crippen LogP contribution in [0.15, 0.2) is 95.6 Å². The molecule has 0 amide bonds. The van der Waals surface area contributed by atoms with Crippen LogP contribution in [0, 0.1) is 0 Å². The van der Waals surface area contributed by atoms with Crippen molar-refractivity contribution in [3.8, 4) is 28.6 Å². The highest BCUT2D eigenvalue weighted by molar-refractivity contribution is 7.99. The highest BCUT2D eigenvalue weighted by Crippen LogP contribution is 2.30. The fraction of sp³-hybridized carbons (Fsp3) is 0.0435. The lowest BCUT2D eigenvalue weighted by Crippen LogP contribution is -2.00. The van der Waals surface area contributed by atoms with Crippen molar-refractivity contribution in [3.05, 3.63) is 95.5 Å². The van der Waals surface area contributed by atoms with Crippen molar-refractivity contribution in [2.75, 3.05) is 5.75 Å². The molecule has 0 atom stereocenters. The second-order valence-electron chi connectivity index (χ2n) is 6.23. The Kier molecular flexibility index (Phi) is 6.74. The van der Waals surface area contributed by atoms with Crippen molar-refractivity contribution in [1.82, 2.24) is 14.8 Å². The van der Waals surface area contributed by atoms with E-state index in [0.29, 0.717) is 10.8 Å². The zero-order valence-electron chi connectivity index (χ0n) is 15.8. The summed E-state index contributed by atoms with van der Waals surface area (Å²) in [5.74, 6) is 2.98. The Balaban J connectivity index is 1.68. The normalized spacial score (nSPS) is 11.1. The summed E-state index contributed by atoms with van der Waals surface area (Å²) in [7, 11) is 0. The molecule has 0 saturated carbocycles. The van der Waals surface area contributed by atoms with Crippen LogP contribution in [0.3, 0.4) is 0 Å². The number of thioether (sulfide) groups is 1. The van der Waals surface area contributed by atoms with E-state index in [0.717, 1.165) is 33.7 Å². The van der Waals surface area contributed by atoms with Gasteiger partial charge in [-0.3, -0.25) is 4.57 Å². The molecular formula is C23H17Cl2N3OS. The number of nitrogens with zero attached hydrogens (tertiary/aromatic N) is 3. The number of para-hydroxylation sites is 1. The lowest BCUT2D eigenvalue weighted by atomic mass is 10.2. The standard InChI is InChI=1S/C23H17Cl2N3OS/c24-15-4-16-30-23-27-26-22(17-7-9-18(25)10-8-17)28(23)19-11-13-21(14-12-19)29-20-5-2-1-3-6-20/h1-15H,16H2/b15-4+. The van der Waals surface area contributed by atoms with Gasteiger partial charge in [0.1, 0.15) is 11.5 Å². The Morgan fingerprint density at radius 1 is 0.867 bits per heavy atom. The first-order valence-electron chi connectivity index (χ1n) is 9.17. The average molecular weight is 454 g/mol. The van der Waals surface area contributed by atoms with E-state index in [1.54, 1.807) is 11.8 Å². The number of benzene rings is 3. The van der Waals surface area contributed by atoms with E-state index >= 15 is 0 Å². The van der Waals surface area contributed by atoms with Gasteiger partial charge in [-0.25, -0.2) is 0 Å². The summed E-state index contributed by atoms with van der Waals surface area (Å²) >= 11 is 13.3. The molecule has 0 fully saturated rings. The molecule has 1 aromatic heterocycles. The molecule has 3 aromatic carbocycles. The third-order valence-corrected chi connectivity index (χ3v) is 5.52. The first kappa shape index (κ1) is 20.5. The van der Waals surface area contributed by atoms with Crippen molar-refractivity contribution in [2.24, 2.45) is 0 Å².